The molecule has 0 bridgehead atoms. The molecular formula is C13H16ClFN2O2. The van der Waals surface area contributed by atoms with Crippen LogP contribution in [0.4, 0.5) is 10.1 Å². The summed E-state index contributed by atoms with van der Waals surface area (Å²) in [7, 11) is 0. The zero-order valence-corrected chi connectivity index (χ0v) is 11.1. The van der Waals surface area contributed by atoms with Gasteiger partial charge < -0.3 is 15.8 Å². The first-order valence-electron chi connectivity index (χ1n) is 5.77. The molecule has 104 valence electrons. The Morgan fingerprint density at radius 1 is 1.47 bits per heavy atom. The fraction of sp³-hybridized carbons (Fsp3) is 0.308. The smallest absolute Gasteiger partial charge is 0.224 e. The first-order chi connectivity index (χ1) is 8.74. The summed E-state index contributed by atoms with van der Waals surface area (Å²) in [5, 5.41) is 2.78. The monoisotopic (exact) mass is 286 g/mol. The molecule has 0 aromatic heterocycles. The maximum Gasteiger partial charge on any atom is 0.224 e. The molecule has 0 fully saturated rings. The summed E-state index contributed by atoms with van der Waals surface area (Å²) in [6.45, 7) is 0.250. The number of rotatable bonds is 4. The van der Waals surface area contributed by atoms with Gasteiger partial charge in [0.1, 0.15) is 12.4 Å². The van der Waals surface area contributed by atoms with E-state index >= 15 is 0 Å². The molecule has 2 rings (SSSR count). The second kappa shape index (κ2) is 7.11. The Labute approximate surface area is 117 Å². The number of halogens is 2. The van der Waals surface area contributed by atoms with Gasteiger partial charge in [-0.2, -0.15) is 0 Å². The summed E-state index contributed by atoms with van der Waals surface area (Å²) in [5.74, 6) is 0.672. The second-order valence-electron chi connectivity index (χ2n) is 4.09. The molecule has 0 aliphatic carbocycles. The van der Waals surface area contributed by atoms with Gasteiger partial charge in [0.15, 0.2) is 0 Å². The van der Waals surface area contributed by atoms with Gasteiger partial charge in [-0.05, 0) is 18.6 Å². The molecule has 0 saturated heterocycles. The van der Waals surface area contributed by atoms with E-state index in [-0.39, 0.29) is 31.5 Å². The fourth-order valence-corrected chi connectivity index (χ4v) is 1.83. The van der Waals surface area contributed by atoms with Crippen molar-refractivity contribution in [3.05, 3.63) is 35.7 Å². The van der Waals surface area contributed by atoms with Crippen LogP contribution in [0.2, 0.25) is 0 Å². The Morgan fingerprint density at radius 2 is 2.26 bits per heavy atom. The number of nitrogens with one attached hydrogen (secondary N) is 1. The zero-order chi connectivity index (χ0) is 13.0. The standard InChI is InChI=1S/C13H15FN2O2.ClH/c14-6-9(7-15)8-18-12-3-1-2-11-10(12)4-5-13(17)16-11;/h1-3,6H,4-5,7-8,15H2,(H,16,17);1H/b9-6+;. The Morgan fingerprint density at radius 3 is 2.95 bits per heavy atom. The van der Waals surface area contributed by atoms with E-state index < -0.39 is 0 Å². The summed E-state index contributed by atoms with van der Waals surface area (Å²) >= 11 is 0. The van der Waals surface area contributed by atoms with Crippen molar-refractivity contribution in [1.82, 2.24) is 0 Å². The summed E-state index contributed by atoms with van der Waals surface area (Å²) in [6, 6.07) is 5.43. The third-order valence-corrected chi connectivity index (χ3v) is 2.84. The quantitative estimate of drug-likeness (QED) is 0.892. The van der Waals surface area contributed by atoms with Crippen LogP contribution in [0.5, 0.6) is 5.75 Å². The number of hydrogen-bond donors (Lipinski definition) is 2. The van der Waals surface area contributed by atoms with Crippen molar-refractivity contribution in [2.45, 2.75) is 12.8 Å². The van der Waals surface area contributed by atoms with Crippen molar-refractivity contribution >= 4 is 24.0 Å². The summed E-state index contributed by atoms with van der Waals surface area (Å²) < 4.78 is 17.9. The molecule has 1 amide bonds. The molecule has 4 nitrogen and oxygen atoms in total. The molecule has 1 aromatic carbocycles. The number of carbonyl (C=O) groups excluding carboxylic acids is 1. The Hall–Kier alpha value is -1.59. The highest BCUT2D eigenvalue weighted by atomic mass is 35.5. The third kappa shape index (κ3) is 3.68. The van der Waals surface area contributed by atoms with Gasteiger partial charge in [0.05, 0.1) is 6.33 Å². The molecular weight excluding hydrogens is 271 g/mol. The van der Waals surface area contributed by atoms with Crippen molar-refractivity contribution in [1.29, 1.82) is 0 Å². The van der Waals surface area contributed by atoms with E-state index in [0.29, 0.717) is 30.5 Å². The van der Waals surface area contributed by atoms with Crippen molar-refractivity contribution < 1.29 is 13.9 Å². The number of carbonyl (C=O) groups is 1. The molecule has 1 heterocycles. The summed E-state index contributed by atoms with van der Waals surface area (Å²) in [6.07, 6.45) is 1.54. The highest BCUT2D eigenvalue weighted by Gasteiger charge is 2.18. The van der Waals surface area contributed by atoms with E-state index in [1.165, 1.54) is 0 Å². The van der Waals surface area contributed by atoms with Crippen LogP contribution in [0, 0.1) is 0 Å². The molecule has 1 aliphatic heterocycles. The van der Waals surface area contributed by atoms with Crippen LogP contribution in [0.25, 0.3) is 0 Å². The highest BCUT2D eigenvalue weighted by Crippen LogP contribution is 2.31. The van der Waals surface area contributed by atoms with Crippen LogP contribution in [0.15, 0.2) is 30.1 Å². The molecule has 0 radical (unpaired) electrons. The number of nitrogens with two attached hydrogens (primary N) is 1. The number of ether oxygens (including phenoxy) is 1. The fourth-order valence-electron chi connectivity index (χ4n) is 1.83. The minimum absolute atomic E-state index is 0. The number of amides is 1. The lowest BCUT2D eigenvalue weighted by molar-refractivity contribution is -0.116. The number of fused-ring (bicyclic) bond motifs is 1. The molecule has 6 heteroatoms. The van der Waals surface area contributed by atoms with Gasteiger partial charge in [-0.3, -0.25) is 4.79 Å². The van der Waals surface area contributed by atoms with Gasteiger partial charge in [0.25, 0.3) is 0 Å². The van der Waals surface area contributed by atoms with Gasteiger partial charge >= 0.3 is 0 Å². The average Bonchev–Trinajstić information content (AvgIpc) is 2.39. The van der Waals surface area contributed by atoms with Gasteiger partial charge in [-0.25, -0.2) is 4.39 Å². The molecule has 1 aromatic rings. The molecule has 0 atom stereocenters. The Bertz CT molecular complexity index is 492. The second-order valence-corrected chi connectivity index (χ2v) is 4.09. The SMILES string of the molecule is Cl.NC/C(=C\F)COc1cccc2c1CCC(=O)N2. The van der Waals surface area contributed by atoms with Gasteiger partial charge in [0, 0.05) is 29.8 Å². The maximum atomic E-state index is 12.4. The lowest BCUT2D eigenvalue weighted by Crippen LogP contribution is -2.20. The lowest BCUT2D eigenvalue weighted by Gasteiger charge is -2.20. The summed E-state index contributed by atoms with van der Waals surface area (Å²) in [5.41, 5.74) is 7.47. The first kappa shape index (κ1) is 15.5. The van der Waals surface area contributed by atoms with Crippen LogP contribution in [-0.4, -0.2) is 19.1 Å². The van der Waals surface area contributed by atoms with Crippen molar-refractivity contribution in [3.63, 3.8) is 0 Å². The van der Waals surface area contributed by atoms with E-state index in [0.717, 1.165) is 11.3 Å². The topological polar surface area (TPSA) is 64.3 Å². The molecule has 3 N–H and O–H groups in total. The molecule has 0 unspecified atom stereocenters. The van der Waals surface area contributed by atoms with E-state index in [1.807, 2.05) is 12.1 Å². The van der Waals surface area contributed by atoms with Crippen LogP contribution in [0.3, 0.4) is 0 Å². The predicted molar refractivity (Wildman–Crippen MR) is 74.4 cm³/mol. The van der Waals surface area contributed by atoms with Crippen molar-refractivity contribution in [2.75, 3.05) is 18.5 Å². The maximum absolute atomic E-state index is 12.4. The zero-order valence-electron chi connectivity index (χ0n) is 10.3. The Kier molecular flexibility index (Phi) is 5.79. The van der Waals surface area contributed by atoms with E-state index in [4.69, 9.17) is 10.5 Å². The van der Waals surface area contributed by atoms with E-state index in [2.05, 4.69) is 5.32 Å². The van der Waals surface area contributed by atoms with E-state index in [1.54, 1.807) is 6.07 Å². The average molecular weight is 287 g/mol. The minimum Gasteiger partial charge on any atom is -0.489 e. The van der Waals surface area contributed by atoms with Crippen molar-refractivity contribution in [2.24, 2.45) is 5.73 Å². The highest BCUT2D eigenvalue weighted by molar-refractivity contribution is 5.94. The first-order valence-corrected chi connectivity index (χ1v) is 5.77. The number of anilines is 1. The third-order valence-electron chi connectivity index (χ3n) is 2.84. The van der Waals surface area contributed by atoms with Crippen LogP contribution >= 0.6 is 12.4 Å². The van der Waals surface area contributed by atoms with Gasteiger partial charge in [0.2, 0.25) is 5.91 Å². The van der Waals surface area contributed by atoms with Gasteiger partial charge in [-0.1, -0.05) is 6.07 Å². The van der Waals surface area contributed by atoms with Crippen LogP contribution < -0.4 is 15.8 Å². The molecule has 0 spiro atoms. The molecule has 1 aliphatic rings. The van der Waals surface area contributed by atoms with Crippen LogP contribution in [0.1, 0.15) is 12.0 Å². The van der Waals surface area contributed by atoms with Crippen molar-refractivity contribution in [3.8, 4) is 5.75 Å². The normalized spacial score (nSPS) is 14.2. The van der Waals surface area contributed by atoms with E-state index in [9.17, 15) is 9.18 Å². The largest absolute Gasteiger partial charge is 0.489 e. The lowest BCUT2D eigenvalue weighted by atomic mass is 10.0. The molecule has 19 heavy (non-hydrogen) atoms. The van der Waals surface area contributed by atoms with Gasteiger partial charge in [-0.15, -0.1) is 12.4 Å². The Balaban J connectivity index is 0.00000180. The number of benzene rings is 1. The minimum atomic E-state index is 0. The number of hydrogen-bond acceptors (Lipinski definition) is 3. The van der Waals surface area contributed by atoms with Crippen LogP contribution in [-0.2, 0) is 11.2 Å². The predicted octanol–water partition coefficient (Wildman–Crippen LogP) is 2.18. The molecule has 0 saturated carbocycles. The summed E-state index contributed by atoms with van der Waals surface area (Å²) in [4.78, 5) is 11.3.